The molecule has 3 nitrogen and oxygen atoms in total. The smallest absolute Gasteiger partial charge is 0.334 e. The maximum Gasteiger partial charge on any atom is 0.418 e. The Bertz CT molecular complexity index is 671. The van der Waals surface area contributed by atoms with Crippen molar-refractivity contribution in [2.45, 2.75) is 12.7 Å². The van der Waals surface area contributed by atoms with Crippen molar-refractivity contribution in [3.05, 3.63) is 65.5 Å². The van der Waals surface area contributed by atoms with Crippen LogP contribution in [0, 0.1) is 5.82 Å². The van der Waals surface area contributed by atoms with Crippen LogP contribution in [0.5, 0.6) is 0 Å². The number of para-hydroxylation sites is 1. The fourth-order valence-corrected chi connectivity index (χ4v) is 1.84. The molecule has 0 unspecified atom stereocenters. The number of rotatable bonds is 3. The topological polar surface area (TPSA) is 41.1 Å². The summed E-state index contributed by atoms with van der Waals surface area (Å²) < 4.78 is 51.3. The van der Waals surface area contributed by atoms with E-state index in [1.807, 2.05) is 0 Å². The number of amides is 2. The molecule has 2 aromatic rings. The largest absolute Gasteiger partial charge is 0.418 e. The summed E-state index contributed by atoms with van der Waals surface area (Å²) in [5.41, 5.74) is -0.776. The van der Waals surface area contributed by atoms with Crippen LogP contribution < -0.4 is 10.6 Å². The van der Waals surface area contributed by atoms with E-state index in [0.29, 0.717) is 5.56 Å². The van der Waals surface area contributed by atoms with Crippen molar-refractivity contribution in [3.8, 4) is 0 Å². The lowest BCUT2D eigenvalue weighted by atomic mass is 10.1. The van der Waals surface area contributed by atoms with Gasteiger partial charge in [-0.05, 0) is 29.8 Å². The number of alkyl halides is 3. The fourth-order valence-electron chi connectivity index (χ4n) is 1.84. The van der Waals surface area contributed by atoms with Crippen LogP contribution in [0.1, 0.15) is 11.1 Å². The lowest BCUT2D eigenvalue weighted by Gasteiger charge is -2.14. The maximum atomic E-state index is 13.0. The molecule has 0 aromatic heterocycles. The molecule has 0 heterocycles. The summed E-state index contributed by atoms with van der Waals surface area (Å²) in [7, 11) is 0. The molecule has 0 atom stereocenters. The first-order chi connectivity index (χ1) is 10.4. The first kappa shape index (κ1) is 15.8. The Morgan fingerprint density at radius 1 is 1.05 bits per heavy atom. The minimum absolute atomic E-state index is 0.00220. The van der Waals surface area contributed by atoms with E-state index in [1.54, 1.807) is 6.07 Å². The van der Waals surface area contributed by atoms with Crippen LogP contribution in [0.25, 0.3) is 0 Å². The van der Waals surface area contributed by atoms with Crippen LogP contribution in [0.2, 0.25) is 0 Å². The second-order valence-corrected chi connectivity index (χ2v) is 4.48. The normalized spacial score (nSPS) is 11.1. The molecule has 0 spiro atoms. The number of halogens is 4. The van der Waals surface area contributed by atoms with Crippen LogP contribution in [-0.4, -0.2) is 6.03 Å². The molecule has 0 aliphatic carbocycles. The zero-order valence-electron chi connectivity index (χ0n) is 11.2. The number of hydrogen-bond acceptors (Lipinski definition) is 1. The average molecular weight is 312 g/mol. The minimum Gasteiger partial charge on any atom is -0.334 e. The summed E-state index contributed by atoms with van der Waals surface area (Å²) in [5, 5.41) is 4.51. The number of carbonyl (C=O) groups is 1. The number of anilines is 1. The molecule has 2 aromatic carbocycles. The zero-order chi connectivity index (χ0) is 16.2. The number of carbonyl (C=O) groups excluding carboxylic acids is 1. The Balaban J connectivity index is 2.01. The van der Waals surface area contributed by atoms with Crippen LogP contribution in [0.4, 0.5) is 28.0 Å². The Kier molecular flexibility index (Phi) is 4.65. The van der Waals surface area contributed by atoms with Gasteiger partial charge in [0.2, 0.25) is 0 Å². The van der Waals surface area contributed by atoms with E-state index < -0.39 is 23.6 Å². The van der Waals surface area contributed by atoms with Gasteiger partial charge in [-0.25, -0.2) is 9.18 Å². The van der Waals surface area contributed by atoms with Gasteiger partial charge in [0.1, 0.15) is 5.82 Å². The first-order valence-electron chi connectivity index (χ1n) is 6.32. The molecule has 0 aliphatic heterocycles. The van der Waals surface area contributed by atoms with Crippen molar-refractivity contribution >= 4 is 11.7 Å². The average Bonchev–Trinajstić information content (AvgIpc) is 2.45. The molecule has 0 aliphatic rings. The van der Waals surface area contributed by atoms with Gasteiger partial charge in [-0.15, -0.1) is 0 Å². The van der Waals surface area contributed by atoms with Crippen molar-refractivity contribution in [2.24, 2.45) is 0 Å². The van der Waals surface area contributed by atoms with E-state index in [0.717, 1.165) is 12.1 Å². The van der Waals surface area contributed by atoms with E-state index >= 15 is 0 Å². The summed E-state index contributed by atoms with van der Waals surface area (Å²) in [6, 6.07) is 9.40. The van der Waals surface area contributed by atoms with Crippen molar-refractivity contribution in [1.82, 2.24) is 5.32 Å². The zero-order valence-corrected chi connectivity index (χ0v) is 11.2. The van der Waals surface area contributed by atoms with Gasteiger partial charge in [0.05, 0.1) is 11.3 Å². The fraction of sp³-hybridized carbons (Fsp3) is 0.133. The van der Waals surface area contributed by atoms with Crippen LogP contribution in [0.3, 0.4) is 0 Å². The van der Waals surface area contributed by atoms with Gasteiger partial charge in [0.25, 0.3) is 0 Å². The molecule has 0 fully saturated rings. The van der Waals surface area contributed by atoms with E-state index in [-0.39, 0.29) is 12.2 Å². The molecule has 0 radical (unpaired) electrons. The molecular weight excluding hydrogens is 300 g/mol. The maximum absolute atomic E-state index is 13.0. The lowest BCUT2D eigenvalue weighted by molar-refractivity contribution is -0.136. The molecule has 22 heavy (non-hydrogen) atoms. The summed E-state index contributed by atoms with van der Waals surface area (Å²) in [4.78, 5) is 11.7. The molecule has 0 saturated carbocycles. The number of hydrogen-bond donors (Lipinski definition) is 2. The van der Waals surface area contributed by atoms with Gasteiger partial charge >= 0.3 is 12.2 Å². The van der Waals surface area contributed by atoms with Crippen LogP contribution >= 0.6 is 0 Å². The Labute approximate surface area is 124 Å². The molecule has 0 saturated heterocycles. The van der Waals surface area contributed by atoms with Crippen molar-refractivity contribution in [1.29, 1.82) is 0 Å². The summed E-state index contributed by atoms with van der Waals surface area (Å²) in [6.45, 7) is -0.00220. The van der Waals surface area contributed by atoms with Crippen molar-refractivity contribution in [3.63, 3.8) is 0 Å². The highest BCUT2D eigenvalue weighted by Crippen LogP contribution is 2.34. The molecule has 7 heteroatoms. The monoisotopic (exact) mass is 312 g/mol. The highest BCUT2D eigenvalue weighted by atomic mass is 19.4. The van der Waals surface area contributed by atoms with Crippen LogP contribution in [0.15, 0.2) is 48.5 Å². The van der Waals surface area contributed by atoms with Gasteiger partial charge in [0, 0.05) is 6.54 Å². The third-order valence-corrected chi connectivity index (χ3v) is 2.82. The minimum atomic E-state index is -4.56. The second-order valence-electron chi connectivity index (χ2n) is 4.48. The highest BCUT2D eigenvalue weighted by molar-refractivity contribution is 5.90. The van der Waals surface area contributed by atoms with Gasteiger partial charge in [-0.2, -0.15) is 13.2 Å². The molecule has 2 N–H and O–H groups in total. The van der Waals surface area contributed by atoms with E-state index in [9.17, 15) is 22.4 Å². The van der Waals surface area contributed by atoms with E-state index in [2.05, 4.69) is 10.6 Å². The third kappa shape index (κ3) is 4.21. The third-order valence-electron chi connectivity index (χ3n) is 2.82. The Hall–Kier alpha value is -2.57. The highest BCUT2D eigenvalue weighted by Gasteiger charge is 2.33. The van der Waals surface area contributed by atoms with E-state index in [1.165, 1.54) is 30.3 Å². The number of urea groups is 1. The van der Waals surface area contributed by atoms with Crippen molar-refractivity contribution < 1.29 is 22.4 Å². The van der Waals surface area contributed by atoms with Crippen molar-refractivity contribution in [2.75, 3.05) is 5.32 Å². The molecule has 0 bridgehead atoms. The Morgan fingerprint density at radius 2 is 1.77 bits per heavy atom. The lowest BCUT2D eigenvalue weighted by Crippen LogP contribution is -2.29. The quantitative estimate of drug-likeness (QED) is 0.821. The SMILES string of the molecule is O=C(NCc1cccc(F)c1)Nc1ccccc1C(F)(F)F. The first-order valence-corrected chi connectivity index (χ1v) is 6.32. The van der Waals surface area contributed by atoms with Gasteiger partial charge in [-0.3, -0.25) is 0 Å². The number of nitrogens with one attached hydrogen (secondary N) is 2. The van der Waals surface area contributed by atoms with Gasteiger partial charge < -0.3 is 10.6 Å². The standard InChI is InChI=1S/C15H12F4N2O/c16-11-5-3-4-10(8-11)9-20-14(22)21-13-7-2-1-6-12(13)15(17,18)19/h1-8H,9H2,(H2,20,21,22). The van der Waals surface area contributed by atoms with E-state index in [4.69, 9.17) is 0 Å². The molecular formula is C15H12F4N2O. The van der Waals surface area contributed by atoms with Gasteiger partial charge in [-0.1, -0.05) is 24.3 Å². The molecule has 2 amide bonds. The summed E-state index contributed by atoms with van der Waals surface area (Å²) in [6.07, 6.45) is -4.56. The predicted molar refractivity (Wildman–Crippen MR) is 73.7 cm³/mol. The predicted octanol–water partition coefficient (Wildman–Crippen LogP) is 4.17. The summed E-state index contributed by atoms with van der Waals surface area (Å²) >= 11 is 0. The van der Waals surface area contributed by atoms with Crippen LogP contribution in [-0.2, 0) is 12.7 Å². The second kappa shape index (κ2) is 6.46. The Morgan fingerprint density at radius 3 is 2.45 bits per heavy atom. The molecule has 116 valence electrons. The summed E-state index contributed by atoms with van der Waals surface area (Å²) in [5.74, 6) is -0.456. The molecule has 2 rings (SSSR count). The van der Waals surface area contributed by atoms with Gasteiger partial charge in [0.15, 0.2) is 0 Å². The number of benzene rings is 2.